The van der Waals surface area contributed by atoms with Crippen LogP contribution in [-0.4, -0.2) is 79.1 Å². The van der Waals surface area contributed by atoms with Crippen LogP contribution in [0.5, 0.6) is 5.88 Å². The molecular weight excluding hydrogens is 518 g/mol. The molecule has 1 aliphatic heterocycles. The lowest BCUT2D eigenvalue weighted by molar-refractivity contribution is 0.0819. The second-order valence-electron chi connectivity index (χ2n) is 9.50. The molecule has 1 aliphatic rings. The quantitative estimate of drug-likeness (QED) is 0.304. The number of aromatic nitrogens is 5. The van der Waals surface area contributed by atoms with Gasteiger partial charge in [-0.15, -0.1) is 5.10 Å². The number of nitrogens with zero attached hydrogens (tertiary/aromatic N) is 6. The van der Waals surface area contributed by atoms with Crippen LogP contribution in [0.1, 0.15) is 19.2 Å². The minimum atomic E-state index is -2.63. The highest BCUT2D eigenvalue weighted by molar-refractivity contribution is 5.90. The van der Waals surface area contributed by atoms with Crippen molar-refractivity contribution in [2.45, 2.75) is 44.9 Å². The maximum absolute atomic E-state index is 15.8. The van der Waals surface area contributed by atoms with E-state index in [2.05, 4.69) is 20.4 Å². The van der Waals surface area contributed by atoms with Crippen LogP contribution in [0.15, 0.2) is 36.7 Å². The first-order valence-corrected chi connectivity index (χ1v) is 12.5. The highest BCUT2D eigenvalue weighted by Gasteiger charge is 2.40. The number of halogens is 4. The predicted molar refractivity (Wildman–Crippen MR) is 138 cm³/mol. The van der Waals surface area contributed by atoms with E-state index in [-0.39, 0.29) is 48.3 Å². The molecule has 13 heteroatoms. The van der Waals surface area contributed by atoms with Gasteiger partial charge in [0, 0.05) is 18.3 Å². The maximum Gasteiger partial charge on any atom is 0.256 e. The number of ether oxygens (including phenoxy) is 1. The molecule has 0 fully saturated rings. The molecule has 208 valence electrons. The third-order valence-corrected chi connectivity index (χ3v) is 7.07. The first-order valence-electron chi connectivity index (χ1n) is 12.5. The molecule has 0 amide bonds. The molecule has 4 heterocycles. The summed E-state index contributed by atoms with van der Waals surface area (Å²) in [6.07, 6.45) is 2.63. The van der Waals surface area contributed by atoms with E-state index in [4.69, 9.17) is 4.74 Å². The van der Waals surface area contributed by atoms with Crippen molar-refractivity contribution < 1.29 is 27.4 Å². The van der Waals surface area contributed by atoms with Crippen molar-refractivity contribution >= 4 is 22.5 Å². The van der Waals surface area contributed by atoms with Crippen molar-refractivity contribution in [2.24, 2.45) is 0 Å². The molecule has 5 rings (SSSR count). The summed E-state index contributed by atoms with van der Waals surface area (Å²) in [7, 11) is 1.42. The van der Waals surface area contributed by atoms with E-state index < -0.39 is 30.5 Å². The Balaban J connectivity index is 1.54. The number of imidazole rings is 1. The van der Waals surface area contributed by atoms with Gasteiger partial charge in [0.1, 0.15) is 16.9 Å². The van der Waals surface area contributed by atoms with Gasteiger partial charge in [0.25, 0.3) is 6.43 Å². The first-order chi connectivity index (χ1) is 18.7. The largest absolute Gasteiger partial charge is 0.479 e. The number of aryl methyl sites for hydroxylation is 1. The summed E-state index contributed by atoms with van der Waals surface area (Å²) >= 11 is 0. The fourth-order valence-corrected chi connectivity index (χ4v) is 5.05. The van der Waals surface area contributed by atoms with E-state index in [9.17, 15) is 13.9 Å². The number of fused-ring (bicyclic) bond motifs is 2. The van der Waals surface area contributed by atoms with Gasteiger partial charge in [0.2, 0.25) is 11.8 Å². The molecule has 2 atom stereocenters. The molecule has 1 unspecified atom stereocenters. The normalized spacial score (nSPS) is 19.5. The summed E-state index contributed by atoms with van der Waals surface area (Å²) in [6.45, 7) is 3.03. The Kier molecular flexibility index (Phi) is 7.10. The topological polar surface area (TPSA) is 92.7 Å². The Hall–Kier alpha value is -3.87. The Morgan fingerprint density at radius 1 is 1.28 bits per heavy atom. The highest BCUT2D eigenvalue weighted by atomic mass is 19.3. The number of alkyl halides is 3. The summed E-state index contributed by atoms with van der Waals surface area (Å²) in [6, 6.07) is 3.85. The zero-order chi connectivity index (χ0) is 27.9. The van der Waals surface area contributed by atoms with Crippen molar-refractivity contribution in [2.75, 3.05) is 32.1 Å². The molecule has 0 saturated carbocycles. The number of β-amino-alcohol motifs (C(OH)–C–C–N with tert-alkyl or cyclic N) is 1. The molecule has 9 nitrogen and oxygen atoms in total. The van der Waals surface area contributed by atoms with Crippen LogP contribution in [0.2, 0.25) is 0 Å². The van der Waals surface area contributed by atoms with Crippen LogP contribution in [0, 0.1) is 12.7 Å². The van der Waals surface area contributed by atoms with Gasteiger partial charge in [-0.2, -0.15) is 4.98 Å². The van der Waals surface area contributed by atoms with E-state index in [0.29, 0.717) is 23.2 Å². The molecule has 0 saturated heterocycles. The van der Waals surface area contributed by atoms with Crippen LogP contribution < -0.4 is 10.1 Å². The SMILES string of the molecule is CCC1(F)CN(CCO)C=C[C@H]1Nc1nc(OC)c2c(-c3cc(F)c4nc(C)n(CC(F)F)c4c3)ccn2n1. The van der Waals surface area contributed by atoms with Crippen molar-refractivity contribution in [1.82, 2.24) is 29.0 Å². The molecule has 0 radical (unpaired) electrons. The fraction of sp³-hybridized carbons (Fsp3) is 0.423. The molecule has 0 bridgehead atoms. The van der Waals surface area contributed by atoms with Crippen molar-refractivity contribution in [3.63, 3.8) is 0 Å². The maximum atomic E-state index is 15.8. The Bertz CT molecular complexity index is 1540. The highest BCUT2D eigenvalue weighted by Crippen LogP contribution is 2.35. The lowest BCUT2D eigenvalue weighted by Crippen LogP contribution is -2.52. The zero-order valence-corrected chi connectivity index (χ0v) is 21.7. The average molecular weight is 548 g/mol. The zero-order valence-electron chi connectivity index (χ0n) is 21.7. The number of aliphatic hydroxyl groups is 1. The van der Waals surface area contributed by atoms with Gasteiger partial charge in [-0.05, 0) is 49.4 Å². The smallest absolute Gasteiger partial charge is 0.256 e. The lowest BCUT2D eigenvalue weighted by Gasteiger charge is -2.39. The third kappa shape index (κ3) is 4.86. The van der Waals surface area contributed by atoms with Crippen LogP contribution in [0.3, 0.4) is 0 Å². The average Bonchev–Trinajstić information content (AvgIpc) is 3.46. The molecule has 3 aromatic heterocycles. The summed E-state index contributed by atoms with van der Waals surface area (Å²) in [5.74, 6) is -0.0799. The van der Waals surface area contributed by atoms with E-state index in [1.165, 1.54) is 22.3 Å². The number of hydrogen-bond acceptors (Lipinski definition) is 7. The molecule has 1 aromatic carbocycles. The van der Waals surface area contributed by atoms with Gasteiger partial charge < -0.3 is 24.6 Å². The first kappa shape index (κ1) is 26.7. The van der Waals surface area contributed by atoms with Crippen molar-refractivity contribution in [3.8, 4) is 17.0 Å². The third-order valence-electron chi connectivity index (χ3n) is 7.07. The number of rotatable bonds is 9. The summed E-state index contributed by atoms with van der Waals surface area (Å²) < 4.78 is 65.6. The minimum Gasteiger partial charge on any atom is -0.479 e. The van der Waals surface area contributed by atoms with Gasteiger partial charge in [0.15, 0.2) is 11.5 Å². The van der Waals surface area contributed by atoms with Crippen LogP contribution in [0.4, 0.5) is 23.5 Å². The second-order valence-corrected chi connectivity index (χ2v) is 9.50. The van der Waals surface area contributed by atoms with Gasteiger partial charge in [-0.1, -0.05) is 6.92 Å². The number of methoxy groups -OCH3 is 1. The van der Waals surface area contributed by atoms with E-state index in [1.54, 1.807) is 49.4 Å². The van der Waals surface area contributed by atoms with E-state index in [1.807, 2.05) is 0 Å². The fourth-order valence-electron chi connectivity index (χ4n) is 5.05. The van der Waals surface area contributed by atoms with Crippen molar-refractivity contribution in [1.29, 1.82) is 0 Å². The van der Waals surface area contributed by atoms with Crippen LogP contribution >= 0.6 is 0 Å². The van der Waals surface area contributed by atoms with Crippen LogP contribution in [-0.2, 0) is 6.54 Å². The number of nitrogens with one attached hydrogen (secondary N) is 1. The number of aliphatic hydroxyl groups excluding tert-OH is 1. The summed E-state index contributed by atoms with van der Waals surface area (Å²) in [5, 5.41) is 16.7. The second kappa shape index (κ2) is 10.4. The summed E-state index contributed by atoms with van der Waals surface area (Å²) in [5.41, 5.74) is -0.0179. The van der Waals surface area contributed by atoms with Gasteiger partial charge in [-0.25, -0.2) is 27.1 Å². The van der Waals surface area contributed by atoms with Gasteiger partial charge in [0.05, 0.1) is 38.4 Å². The number of hydrogen-bond donors (Lipinski definition) is 2. The van der Waals surface area contributed by atoms with Gasteiger partial charge >= 0.3 is 0 Å². The molecule has 0 spiro atoms. The Morgan fingerprint density at radius 2 is 2.08 bits per heavy atom. The molecular formula is C26H29F4N7O2. The lowest BCUT2D eigenvalue weighted by atomic mass is 9.90. The predicted octanol–water partition coefficient (Wildman–Crippen LogP) is 4.19. The van der Waals surface area contributed by atoms with Crippen LogP contribution in [0.25, 0.3) is 27.7 Å². The van der Waals surface area contributed by atoms with Gasteiger partial charge in [-0.3, -0.25) is 0 Å². The van der Waals surface area contributed by atoms with E-state index in [0.717, 1.165) is 0 Å². The molecule has 2 N–H and O–H groups in total. The molecule has 39 heavy (non-hydrogen) atoms. The molecule has 0 aliphatic carbocycles. The van der Waals surface area contributed by atoms with Crippen molar-refractivity contribution in [3.05, 3.63) is 48.3 Å². The Morgan fingerprint density at radius 3 is 2.77 bits per heavy atom. The molecule has 4 aromatic rings. The number of benzene rings is 1. The number of anilines is 1. The summed E-state index contributed by atoms with van der Waals surface area (Å²) in [4.78, 5) is 10.3. The monoisotopic (exact) mass is 547 g/mol. The minimum absolute atomic E-state index is 0.0128. The van der Waals surface area contributed by atoms with E-state index >= 15 is 8.78 Å². The Labute approximate surface area is 221 Å². The standard InChI is InChI=1S/C26H29F4N7O2/c1-4-26(30)14-35(9-10-38)7-6-20(26)32-25-33-24(39-3)23-17(5-8-37(23)34-25)16-11-18(27)22-19(12-16)36(13-21(28)29)15(2)31-22/h5-8,11-12,20-21,38H,4,9-10,13-14H2,1-3H3,(H,32,34)/t20-,26?/m1/s1.